The molecule has 0 fully saturated rings. The lowest BCUT2D eigenvalue weighted by Gasteiger charge is -2.10. The summed E-state index contributed by atoms with van der Waals surface area (Å²) in [7, 11) is 1.59. The van der Waals surface area contributed by atoms with E-state index in [9.17, 15) is 14.4 Å². The summed E-state index contributed by atoms with van der Waals surface area (Å²) in [5.74, 6) is 0.751. The molecule has 0 aliphatic rings. The zero-order chi connectivity index (χ0) is 26.8. The number of ether oxygens (including phenoxy) is 5. The molecule has 37 heavy (non-hydrogen) atoms. The summed E-state index contributed by atoms with van der Waals surface area (Å²) in [6.07, 6.45) is 0.195. The molecule has 0 aromatic heterocycles. The van der Waals surface area contributed by atoms with E-state index in [0.29, 0.717) is 29.9 Å². The van der Waals surface area contributed by atoms with Crippen LogP contribution in [0.3, 0.4) is 0 Å². The van der Waals surface area contributed by atoms with Crippen molar-refractivity contribution in [3.63, 3.8) is 0 Å². The Morgan fingerprint density at radius 3 is 1.70 bits per heavy atom. The molecule has 0 saturated heterocycles. The lowest BCUT2D eigenvalue weighted by atomic mass is 10.1. The molecule has 0 aliphatic heterocycles. The van der Waals surface area contributed by atoms with Crippen LogP contribution in [-0.2, 0) is 27.1 Å². The summed E-state index contributed by atoms with van der Waals surface area (Å²) in [5, 5.41) is 0. The van der Waals surface area contributed by atoms with Gasteiger partial charge in [-0.05, 0) is 92.7 Å². The molecule has 0 spiro atoms. The molecule has 10 heteroatoms. The fourth-order valence-corrected chi connectivity index (χ4v) is 5.42. The number of esters is 2. The second-order valence-corrected chi connectivity index (χ2v) is 10.0. The quantitative estimate of drug-likeness (QED) is 0.109. The number of benzene rings is 3. The molecular formula is C27H24I2O8. The summed E-state index contributed by atoms with van der Waals surface area (Å²) in [6.45, 7) is 1.69. The van der Waals surface area contributed by atoms with E-state index < -0.39 is 12.1 Å². The first-order chi connectivity index (χ1) is 17.7. The average Bonchev–Trinajstić information content (AvgIpc) is 2.85. The summed E-state index contributed by atoms with van der Waals surface area (Å²) in [4.78, 5) is 35.3. The van der Waals surface area contributed by atoms with Gasteiger partial charge in [-0.25, -0.2) is 9.59 Å². The minimum Gasteiger partial charge on any atom is -0.495 e. The standard InChI is InChI=1S/C27H24I2O8/c1-17(30)36-21-7-3-19(4-8-21)12-14-35-27(32)37-22-9-5-18(6-10-22)11-13-34-26(31)20-15-23(28)25(33-2)24(29)16-20/h3-10,15-16H,11-14H2,1-2H3. The van der Waals surface area contributed by atoms with E-state index in [1.807, 2.05) is 0 Å². The Kier molecular flexibility index (Phi) is 11.0. The van der Waals surface area contributed by atoms with Crippen LogP contribution in [0.1, 0.15) is 28.4 Å². The van der Waals surface area contributed by atoms with Gasteiger partial charge in [0.25, 0.3) is 0 Å². The normalized spacial score (nSPS) is 10.4. The van der Waals surface area contributed by atoms with Crippen molar-refractivity contribution in [2.75, 3.05) is 20.3 Å². The van der Waals surface area contributed by atoms with Crippen LogP contribution in [0.15, 0.2) is 60.7 Å². The van der Waals surface area contributed by atoms with Crippen molar-refractivity contribution >= 4 is 63.3 Å². The third-order valence-corrected chi connectivity index (χ3v) is 6.58. The molecular weight excluding hydrogens is 706 g/mol. The Labute approximate surface area is 241 Å². The van der Waals surface area contributed by atoms with Crippen molar-refractivity contribution in [2.24, 2.45) is 0 Å². The van der Waals surface area contributed by atoms with E-state index in [0.717, 1.165) is 24.0 Å². The van der Waals surface area contributed by atoms with Gasteiger partial charge in [-0.2, -0.15) is 0 Å². The molecule has 0 unspecified atom stereocenters. The van der Waals surface area contributed by atoms with E-state index in [1.54, 1.807) is 67.8 Å². The Bertz CT molecular complexity index is 1220. The van der Waals surface area contributed by atoms with Gasteiger partial charge in [0, 0.05) is 19.8 Å². The zero-order valence-corrected chi connectivity index (χ0v) is 24.4. The van der Waals surface area contributed by atoms with Crippen molar-refractivity contribution < 1.29 is 38.1 Å². The second kappa shape index (κ2) is 14.2. The van der Waals surface area contributed by atoms with Crippen LogP contribution < -0.4 is 14.2 Å². The maximum absolute atomic E-state index is 12.4. The second-order valence-electron chi connectivity index (χ2n) is 7.69. The molecule has 0 heterocycles. The number of carbonyl (C=O) groups excluding carboxylic acids is 3. The van der Waals surface area contributed by atoms with E-state index >= 15 is 0 Å². The fraction of sp³-hybridized carbons (Fsp3) is 0.222. The summed E-state index contributed by atoms with van der Waals surface area (Å²) in [6, 6.07) is 17.3. The summed E-state index contributed by atoms with van der Waals surface area (Å²) in [5.41, 5.74) is 2.31. The topological polar surface area (TPSA) is 97.4 Å². The van der Waals surface area contributed by atoms with Gasteiger partial charge in [-0.3, -0.25) is 4.79 Å². The SMILES string of the molecule is COc1c(I)cc(C(=O)OCCc2ccc(OC(=O)OCCc3ccc(OC(C)=O)cc3)cc2)cc1I. The predicted octanol–water partition coefficient (Wildman–Crippen LogP) is 5.99. The van der Waals surface area contributed by atoms with Gasteiger partial charge in [0.1, 0.15) is 17.2 Å². The van der Waals surface area contributed by atoms with Crippen LogP contribution >= 0.6 is 45.2 Å². The number of carbonyl (C=O) groups is 3. The molecule has 0 atom stereocenters. The van der Waals surface area contributed by atoms with Crippen molar-refractivity contribution in [2.45, 2.75) is 19.8 Å². The fourth-order valence-electron chi connectivity index (χ4n) is 3.21. The Morgan fingerprint density at radius 2 is 1.22 bits per heavy atom. The molecule has 0 radical (unpaired) electrons. The minimum atomic E-state index is -0.804. The molecule has 0 saturated carbocycles. The maximum Gasteiger partial charge on any atom is 0.513 e. The van der Waals surface area contributed by atoms with Gasteiger partial charge in [0.05, 0.1) is 33.0 Å². The Balaban J connectivity index is 1.39. The summed E-state index contributed by atoms with van der Waals surface area (Å²) >= 11 is 4.24. The van der Waals surface area contributed by atoms with E-state index in [1.165, 1.54) is 6.92 Å². The number of methoxy groups -OCH3 is 1. The van der Waals surface area contributed by atoms with Gasteiger partial charge in [0.2, 0.25) is 0 Å². The summed E-state index contributed by atoms with van der Waals surface area (Å²) < 4.78 is 27.7. The van der Waals surface area contributed by atoms with Crippen molar-refractivity contribution in [3.05, 3.63) is 84.5 Å². The minimum absolute atomic E-state index is 0.140. The maximum atomic E-state index is 12.4. The Hall–Kier alpha value is -2.87. The first-order valence-electron chi connectivity index (χ1n) is 11.2. The van der Waals surface area contributed by atoms with Gasteiger partial charge in [-0.15, -0.1) is 0 Å². The van der Waals surface area contributed by atoms with E-state index in [4.69, 9.17) is 23.7 Å². The largest absolute Gasteiger partial charge is 0.513 e. The highest BCUT2D eigenvalue weighted by atomic mass is 127. The van der Waals surface area contributed by atoms with Crippen LogP contribution in [-0.4, -0.2) is 38.4 Å². The number of rotatable bonds is 10. The lowest BCUT2D eigenvalue weighted by Crippen LogP contribution is -2.12. The molecule has 194 valence electrons. The van der Waals surface area contributed by atoms with Crippen LogP contribution in [0.25, 0.3) is 0 Å². The first kappa shape index (κ1) is 28.7. The monoisotopic (exact) mass is 730 g/mol. The van der Waals surface area contributed by atoms with Crippen molar-refractivity contribution in [1.82, 2.24) is 0 Å². The predicted molar refractivity (Wildman–Crippen MR) is 152 cm³/mol. The number of halogens is 2. The third-order valence-electron chi connectivity index (χ3n) is 4.98. The van der Waals surface area contributed by atoms with E-state index in [-0.39, 0.29) is 19.2 Å². The Morgan fingerprint density at radius 1 is 0.730 bits per heavy atom. The first-order valence-corrected chi connectivity index (χ1v) is 13.3. The number of hydrogen-bond acceptors (Lipinski definition) is 8. The van der Waals surface area contributed by atoms with Crippen molar-refractivity contribution in [1.29, 1.82) is 0 Å². The highest BCUT2D eigenvalue weighted by Crippen LogP contribution is 2.28. The van der Waals surface area contributed by atoms with Crippen LogP contribution in [0.2, 0.25) is 0 Å². The molecule has 0 aliphatic carbocycles. The molecule has 0 bridgehead atoms. The number of hydrogen-bond donors (Lipinski definition) is 0. The molecule has 8 nitrogen and oxygen atoms in total. The molecule has 0 N–H and O–H groups in total. The van der Waals surface area contributed by atoms with Crippen LogP contribution in [0.4, 0.5) is 4.79 Å². The van der Waals surface area contributed by atoms with E-state index in [2.05, 4.69) is 45.2 Å². The van der Waals surface area contributed by atoms with Crippen molar-refractivity contribution in [3.8, 4) is 17.2 Å². The smallest absolute Gasteiger partial charge is 0.495 e. The highest BCUT2D eigenvalue weighted by Gasteiger charge is 2.14. The third kappa shape index (κ3) is 9.18. The van der Waals surface area contributed by atoms with Crippen LogP contribution in [0, 0.1) is 7.14 Å². The van der Waals surface area contributed by atoms with Crippen LogP contribution in [0.5, 0.6) is 17.2 Å². The van der Waals surface area contributed by atoms with Gasteiger partial charge in [-0.1, -0.05) is 24.3 Å². The zero-order valence-electron chi connectivity index (χ0n) is 20.1. The molecule has 0 amide bonds. The van der Waals surface area contributed by atoms with Gasteiger partial charge >= 0.3 is 18.1 Å². The average molecular weight is 730 g/mol. The molecule has 3 rings (SSSR count). The molecule has 3 aromatic carbocycles. The van der Waals surface area contributed by atoms with Gasteiger partial charge < -0.3 is 23.7 Å². The van der Waals surface area contributed by atoms with Gasteiger partial charge in [0.15, 0.2) is 0 Å². The molecule has 3 aromatic rings. The highest BCUT2D eigenvalue weighted by molar-refractivity contribution is 14.1. The lowest BCUT2D eigenvalue weighted by molar-refractivity contribution is -0.131.